The lowest BCUT2D eigenvalue weighted by molar-refractivity contribution is -0.121. The number of ether oxygens (including phenoxy) is 1. The molecule has 1 heterocycles. The highest BCUT2D eigenvalue weighted by Crippen LogP contribution is 2.43. The first-order valence-electron chi connectivity index (χ1n) is 9.35. The Kier molecular flexibility index (Phi) is 8.21. The van der Waals surface area contributed by atoms with Gasteiger partial charge in [0.2, 0.25) is 5.91 Å². The number of nitrogens with two attached hydrogens (primary N) is 1. The van der Waals surface area contributed by atoms with Crippen molar-refractivity contribution in [2.75, 3.05) is 7.11 Å². The molecular weight excluding hydrogens is 364 g/mol. The average molecular weight is 398 g/mol. The molecule has 0 bridgehead atoms. The van der Waals surface area contributed by atoms with Crippen LogP contribution in [0.15, 0.2) is 24.3 Å². The van der Waals surface area contributed by atoms with Gasteiger partial charge in [0.05, 0.1) is 18.3 Å². The molecule has 2 N–H and O–H groups in total. The Morgan fingerprint density at radius 2 is 1.67 bits per heavy atom. The SMILES string of the molecule is COc1ccc(CCC[C@@H](B2OC(C)(C)C(C)(C)O2)C(C)C(N)=O)cc1.Cl. The van der Waals surface area contributed by atoms with E-state index < -0.39 is 18.3 Å². The summed E-state index contributed by atoms with van der Waals surface area (Å²) in [6.45, 7) is 9.96. The third-order valence-corrected chi connectivity index (χ3v) is 5.87. The number of carbonyl (C=O) groups excluding carboxylic acids is 1. The van der Waals surface area contributed by atoms with E-state index in [1.807, 2.05) is 46.8 Å². The van der Waals surface area contributed by atoms with Crippen LogP contribution >= 0.6 is 12.4 Å². The van der Waals surface area contributed by atoms with E-state index in [4.69, 9.17) is 19.8 Å². The van der Waals surface area contributed by atoms with Gasteiger partial charge in [0, 0.05) is 11.7 Å². The molecule has 5 nitrogen and oxygen atoms in total. The molecule has 0 aliphatic carbocycles. The number of methoxy groups -OCH3 is 1. The zero-order valence-electron chi connectivity index (χ0n) is 17.3. The molecule has 0 radical (unpaired) electrons. The van der Waals surface area contributed by atoms with Gasteiger partial charge in [-0.15, -0.1) is 12.4 Å². The normalized spacial score (nSPS) is 19.9. The Labute approximate surface area is 169 Å². The van der Waals surface area contributed by atoms with Gasteiger partial charge < -0.3 is 19.8 Å². The van der Waals surface area contributed by atoms with Gasteiger partial charge in [0.15, 0.2) is 0 Å². The highest BCUT2D eigenvalue weighted by Gasteiger charge is 2.54. The minimum atomic E-state index is -0.418. The molecule has 27 heavy (non-hydrogen) atoms. The summed E-state index contributed by atoms with van der Waals surface area (Å²) >= 11 is 0. The highest BCUT2D eigenvalue weighted by molar-refractivity contribution is 6.48. The maximum absolute atomic E-state index is 11.8. The minimum Gasteiger partial charge on any atom is -0.497 e. The first kappa shape index (κ1) is 23.8. The molecule has 0 spiro atoms. The number of hydrogen-bond acceptors (Lipinski definition) is 4. The molecule has 1 unspecified atom stereocenters. The van der Waals surface area contributed by atoms with Gasteiger partial charge >= 0.3 is 7.12 Å². The van der Waals surface area contributed by atoms with E-state index in [1.54, 1.807) is 7.11 Å². The maximum Gasteiger partial charge on any atom is 0.461 e. The summed E-state index contributed by atoms with van der Waals surface area (Å²) in [5.41, 5.74) is 6.00. The number of primary amides is 1. The molecule has 0 aromatic heterocycles. The van der Waals surface area contributed by atoms with Crippen molar-refractivity contribution in [1.82, 2.24) is 0 Å². The number of carbonyl (C=O) groups is 1. The van der Waals surface area contributed by atoms with Crippen LogP contribution < -0.4 is 10.5 Å². The lowest BCUT2D eigenvalue weighted by Gasteiger charge is -2.32. The van der Waals surface area contributed by atoms with Crippen molar-refractivity contribution in [3.05, 3.63) is 29.8 Å². The van der Waals surface area contributed by atoms with Gasteiger partial charge in [0.1, 0.15) is 5.75 Å². The predicted octanol–water partition coefficient (Wildman–Crippen LogP) is 4.02. The second kappa shape index (κ2) is 9.31. The van der Waals surface area contributed by atoms with Crippen LogP contribution in [0.25, 0.3) is 0 Å². The van der Waals surface area contributed by atoms with E-state index in [9.17, 15) is 4.79 Å². The second-order valence-electron chi connectivity index (χ2n) is 8.22. The van der Waals surface area contributed by atoms with Crippen LogP contribution in [0.5, 0.6) is 5.75 Å². The van der Waals surface area contributed by atoms with Crippen LogP contribution in [0.4, 0.5) is 0 Å². The molecule has 2 rings (SSSR count). The number of halogens is 1. The van der Waals surface area contributed by atoms with E-state index >= 15 is 0 Å². The first-order chi connectivity index (χ1) is 12.1. The van der Waals surface area contributed by atoms with Crippen LogP contribution in [-0.2, 0) is 20.5 Å². The molecule has 1 aromatic rings. The smallest absolute Gasteiger partial charge is 0.461 e. The predicted molar refractivity (Wildman–Crippen MR) is 111 cm³/mol. The molecule has 1 aliphatic rings. The van der Waals surface area contributed by atoms with E-state index in [2.05, 4.69) is 12.1 Å². The van der Waals surface area contributed by atoms with Crippen LogP contribution in [0.2, 0.25) is 5.82 Å². The molecular formula is C20H33BClNO4. The summed E-state index contributed by atoms with van der Waals surface area (Å²) < 4.78 is 17.6. The average Bonchev–Trinajstić information content (AvgIpc) is 2.79. The molecule has 0 saturated carbocycles. The number of rotatable bonds is 8. The molecule has 2 atom stereocenters. The Bertz CT molecular complexity index is 605. The Morgan fingerprint density at radius 1 is 1.15 bits per heavy atom. The lowest BCUT2D eigenvalue weighted by Crippen LogP contribution is -2.41. The lowest BCUT2D eigenvalue weighted by atomic mass is 9.63. The molecule has 1 saturated heterocycles. The summed E-state index contributed by atoms with van der Waals surface area (Å²) in [7, 11) is 1.24. The van der Waals surface area contributed by atoms with Gasteiger partial charge in [-0.05, 0) is 58.2 Å². The van der Waals surface area contributed by atoms with Gasteiger partial charge in [-0.1, -0.05) is 25.5 Å². The summed E-state index contributed by atoms with van der Waals surface area (Å²) in [6.07, 6.45) is 2.66. The minimum absolute atomic E-state index is 0. The maximum atomic E-state index is 11.8. The first-order valence-corrected chi connectivity index (χ1v) is 9.35. The number of amides is 1. The molecule has 7 heteroatoms. The Balaban J connectivity index is 0.00000364. The fraction of sp³-hybridized carbons (Fsp3) is 0.650. The summed E-state index contributed by atoms with van der Waals surface area (Å²) in [5, 5.41) is 0. The van der Waals surface area contributed by atoms with Gasteiger partial charge in [-0.3, -0.25) is 4.79 Å². The molecule has 1 aromatic carbocycles. The fourth-order valence-electron chi connectivity index (χ4n) is 3.23. The molecule has 1 fully saturated rings. The Hall–Kier alpha value is -1.24. The van der Waals surface area contributed by atoms with Crippen LogP contribution in [0, 0.1) is 5.92 Å². The number of aryl methyl sites for hydroxylation is 1. The number of benzene rings is 1. The van der Waals surface area contributed by atoms with Gasteiger partial charge in [-0.25, -0.2) is 0 Å². The van der Waals surface area contributed by atoms with E-state index in [0.29, 0.717) is 0 Å². The Morgan fingerprint density at radius 3 is 2.11 bits per heavy atom. The van der Waals surface area contributed by atoms with Crippen molar-refractivity contribution in [3.8, 4) is 5.75 Å². The monoisotopic (exact) mass is 397 g/mol. The van der Waals surface area contributed by atoms with Crippen molar-refractivity contribution in [3.63, 3.8) is 0 Å². The van der Waals surface area contributed by atoms with Crippen molar-refractivity contribution in [2.45, 2.75) is 70.9 Å². The molecule has 152 valence electrons. The summed E-state index contributed by atoms with van der Waals surface area (Å²) in [5.74, 6) is 0.174. The van der Waals surface area contributed by atoms with E-state index in [0.717, 1.165) is 25.0 Å². The fourth-order valence-corrected chi connectivity index (χ4v) is 3.23. The van der Waals surface area contributed by atoms with Crippen LogP contribution in [-0.4, -0.2) is 31.3 Å². The van der Waals surface area contributed by atoms with Gasteiger partial charge in [0.25, 0.3) is 0 Å². The van der Waals surface area contributed by atoms with Crippen LogP contribution in [0.3, 0.4) is 0 Å². The van der Waals surface area contributed by atoms with E-state index in [-0.39, 0.29) is 30.0 Å². The van der Waals surface area contributed by atoms with Crippen LogP contribution in [0.1, 0.15) is 53.0 Å². The third-order valence-electron chi connectivity index (χ3n) is 5.87. The summed E-state index contributed by atoms with van der Waals surface area (Å²) in [6, 6.07) is 8.07. The van der Waals surface area contributed by atoms with Crippen molar-refractivity contribution < 1.29 is 18.8 Å². The van der Waals surface area contributed by atoms with Gasteiger partial charge in [-0.2, -0.15) is 0 Å². The van der Waals surface area contributed by atoms with Crippen molar-refractivity contribution in [2.24, 2.45) is 11.7 Å². The van der Waals surface area contributed by atoms with Crippen molar-refractivity contribution in [1.29, 1.82) is 0 Å². The van der Waals surface area contributed by atoms with E-state index in [1.165, 1.54) is 5.56 Å². The zero-order valence-corrected chi connectivity index (χ0v) is 18.1. The largest absolute Gasteiger partial charge is 0.497 e. The van der Waals surface area contributed by atoms with Crippen molar-refractivity contribution >= 4 is 25.4 Å². The summed E-state index contributed by atoms with van der Waals surface area (Å²) in [4.78, 5) is 11.8. The topological polar surface area (TPSA) is 70.8 Å². The molecule has 1 aliphatic heterocycles. The zero-order chi connectivity index (χ0) is 19.5. The highest BCUT2D eigenvalue weighted by atomic mass is 35.5. The molecule has 1 amide bonds. The number of hydrogen-bond donors (Lipinski definition) is 1. The standard InChI is InChI=1S/C20H32BNO4.ClH/c1-14(18(22)23)17(21-25-19(2,3)20(4,5)26-21)9-7-8-15-10-12-16(24-6)13-11-15;/h10-14,17H,7-9H2,1-6H3,(H2,22,23);1H/t14?,17-;/m1./s1. The quantitative estimate of drug-likeness (QED) is 0.672. The third kappa shape index (κ3) is 5.63. The second-order valence-corrected chi connectivity index (χ2v) is 8.22.